The molecule has 4 rings (SSSR count). The number of halogens is 6. The van der Waals surface area contributed by atoms with Crippen molar-refractivity contribution in [3.63, 3.8) is 0 Å². The minimum atomic E-state index is -0.176. The Morgan fingerprint density at radius 3 is 1.38 bits per heavy atom. The van der Waals surface area contributed by atoms with Gasteiger partial charge in [0, 0.05) is 0 Å². The van der Waals surface area contributed by atoms with E-state index >= 15 is 0 Å². The van der Waals surface area contributed by atoms with Crippen LogP contribution in [0.15, 0.2) is 85.0 Å². The summed E-state index contributed by atoms with van der Waals surface area (Å²) in [5.41, 5.74) is 1.03. The molecule has 0 unspecified atom stereocenters. The first-order valence-electron chi connectivity index (χ1n) is 11.2. The topological polar surface area (TPSA) is 0 Å². The van der Waals surface area contributed by atoms with Gasteiger partial charge in [0.2, 0.25) is 0 Å². The normalized spacial score (nSPS) is 18.4. The average Bonchev–Trinajstić information content (AvgIpc) is 3.15. The van der Waals surface area contributed by atoms with Gasteiger partial charge in [-0.15, -0.1) is 7.92 Å². The molecule has 1 aliphatic carbocycles. The maximum absolute atomic E-state index is 2.51. The Labute approximate surface area is 251 Å². The molecule has 0 nitrogen and oxygen atoms in total. The molecule has 2 aromatic rings. The van der Waals surface area contributed by atoms with Crippen LogP contribution in [0.1, 0.15) is 44.9 Å². The summed E-state index contributed by atoms with van der Waals surface area (Å²) >= 11 is 0. The molecule has 2 atom stereocenters. The standard InChI is InChI=1S/C19H24P2.C8H12.6FH.Rh.Sb/c1-20-15-8-13-17(20)14-16-21(18-9-4-2-5-10-18)19-11-6-3-7-12-19;1-2-4-6-8-7-5-3-1;;;;;;;;/h2-7,9-12,17H,8,13-16H2,1H3;1-2,7-8H,3-6H2;6*1H;;/q;;;;;;;;+3;+5/p-6/b;2-1-,8-7-;;;;;;;;/t17-,20-;;;;;;;;;/m1........./s1. The Morgan fingerprint density at radius 1 is 0.676 bits per heavy atom. The molecule has 1 aliphatic heterocycles. The first-order valence-corrected chi connectivity index (χ1v) is 14.8. The van der Waals surface area contributed by atoms with Crippen molar-refractivity contribution < 1.29 is 47.7 Å². The van der Waals surface area contributed by atoms with Gasteiger partial charge < -0.3 is 28.2 Å². The van der Waals surface area contributed by atoms with Crippen LogP contribution in [-0.4, -0.2) is 49.1 Å². The Morgan fingerprint density at radius 2 is 1.05 bits per heavy atom. The first-order chi connectivity index (χ1) is 14.3. The van der Waals surface area contributed by atoms with Gasteiger partial charge in [0.25, 0.3) is 0 Å². The largest absolute Gasteiger partial charge is 5.00 e. The molecule has 0 aromatic heterocycles. The summed E-state index contributed by atoms with van der Waals surface area (Å²) in [6.07, 6.45) is 21.3. The maximum Gasteiger partial charge on any atom is 5.00 e. The van der Waals surface area contributed by atoms with Crippen LogP contribution in [0.5, 0.6) is 0 Å². The van der Waals surface area contributed by atoms with Crippen LogP contribution in [-0.2, 0) is 19.5 Å². The van der Waals surface area contributed by atoms with Crippen molar-refractivity contribution in [3.05, 3.63) is 85.0 Å². The van der Waals surface area contributed by atoms with Crippen LogP contribution in [0.4, 0.5) is 0 Å². The quantitative estimate of drug-likeness (QED) is 0.123. The summed E-state index contributed by atoms with van der Waals surface area (Å²) in [7, 11) is 0.138. The van der Waals surface area contributed by atoms with Gasteiger partial charge in [-0.2, -0.15) is 0 Å². The maximum atomic E-state index is 2.51. The summed E-state index contributed by atoms with van der Waals surface area (Å²) in [4.78, 5) is 0. The minimum Gasteiger partial charge on any atom is -1.00 e. The van der Waals surface area contributed by atoms with E-state index in [0.29, 0.717) is 7.92 Å². The van der Waals surface area contributed by atoms with E-state index < -0.39 is 0 Å². The number of benzene rings is 2. The molecule has 0 amide bonds. The van der Waals surface area contributed by atoms with E-state index in [-0.39, 0.29) is 80.1 Å². The van der Waals surface area contributed by atoms with Gasteiger partial charge in [0.15, 0.2) is 0 Å². The Bertz CT molecular complexity index is 707. The van der Waals surface area contributed by atoms with Crippen molar-refractivity contribution in [1.82, 2.24) is 0 Å². The van der Waals surface area contributed by atoms with Crippen LogP contribution in [0.3, 0.4) is 0 Å². The molecular weight excluding hydrogens is 725 g/mol. The third kappa shape index (κ3) is 18.7. The third-order valence-electron chi connectivity index (χ3n) is 5.83. The van der Waals surface area contributed by atoms with Crippen LogP contribution in [0.2, 0.25) is 0 Å². The average molecular weight is 761 g/mol. The van der Waals surface area contributed by atoms with Gasteiger partial charge in [-0.25, -0.2) is 0 Å². The van der Waals surface area contributed by atoms with Crippen molar-refractivity contribution in [1.29, 1.82) is 0 Å². The molecule has 0 saturated carbocycles. The smallest absolute Gasteiger partial charge is 1.00 e. The second-order valence-corrected chi connectivity index (χ2v) is 13.0. The van der Waals surface area contributed by atoms with E-state index in [4.69, 9.17) is 0 Å². The van der Waals surface area contributed by atoms with Crippen molar-refractivity contribution >= 4 is 50.9 Å². The fraction of sp³-hybridized carbons (Fsp3) is 0.407. The molecule has 0 spiro atoms. The molecule has 10 heteroatoms. The number of allylic oxidation sites excluding steroid dienone is 4. The van der Waals surface area contributed by atoms with Gasteiger partial charge in [-0.05, 0) is 88.1 Å². The van der Waals surface area contributed by atoms with E-state index in [9.17, 15) is 0 Å². The third-order valence-corrected chi connectivity index (χ3v) is 11.2. The molecular formula is C27H36F6P2RhSb+2. The molecule has 0 radical (unpaired) electrons. The van der Waals surface area contributed by atoms with Crippen LogP contribution in [0.25, 0.3) is 0 Å². The molecule has 0 bridgehead atoms. The van der Waals surface area contributed by atoms with Gasteiger partial charge in [0.1, 0.15) is 0 Å². The summed E-state index contributed by atoms with van der Waals surface area (Å²) < 4.78 is 0. The van der Waals surface area contributed by atoms with Crippen molar-refractivity contribution in [2.45, 2.75) is 50.6 Å². The van der Waals surface area contributed by atoms with Gasteiger partial charge >= 0.3 is 43.9 Å². The zero-order valence-electron chi connectivity index (χ0n) is 21.0. The molecule has 208 valence electrons. The summed E-state index contributed by atoms with van der Waals surface area (Å²) in [6.45, 7) is 2.51. The van der Waals surface area contributed by atoms with Crippen LogP contribution in [0, 0.1) is 0 Å². The summed E-state index contributed by atoms with van der Waals surface area (Å²) in [5, 5.41) is 3.08. The number of rotatable bonds is 5. The van der Waals surface area contributed by atoms with Crippen molar-refractivity contribution in [2.75, 3.05) is 19.0 Å². The van der Waals surface area contributed by atoms with Crippen molar-refractivity contribution in [2.24, 2.45) is 0 Å². The van der Waals surface area contributed by atoms with Gasteiger partial charge in [-0.1, -0.05) is 85.0 Å². The molecule has 1 fully saturated rings. The predicted molar refractivity (Wildman–Crippen MR) is 142 cm³/mol. The Hall–Kier alpha value is -0.198. The summed E-state index contributed by atoms with van der Waals surface area (Å²) in [6, 6.07) is 22.3. The Balaban J connectivity index is -0.000000133. The zero-order valence-corrected chi connectivity index (χ0v) is 26.9. The zero-order chi connectivity index (χ0) is 20.2. The first kappa shape index (κ1) is 49.7. The van der Waals surface area contributed by atoms with E-state index in [2.05, 4.69) is 91.6 Å². The molecule has 2 aromatic carbocycles. The second-order valence-electron chi connectivity index (χ2n) is 7.99. The molecule has 0 N–H and O–H groups in total. The number of hydrogen-bond acceptors (Lipinski definition) is 0. The van der Waals surface area contributed by atoms with E-state index in [1.165, 1.54) is 67.9 Å². The SMILES string of the molecule is C1=C\CC/C=C\CC/1.C[P@]1CCC[C@@H]1CCP(c1ccccc1)c1ccccc1.[F-].[F-].[F-].[F-].[F-].[F-].[Rh+3].[Sb+5]. The fourth-order valence-electron chi connectivity index (χ4n) is 4.10. The monoisotopic (exact) mass is 760 g/mol. The fourth-order valence-corrected chi connectivity index (χ4v) is 8.99. The predicted octanol–water partition coefficient (Wildman–Crippen LogP) is -10.9. The number of hydrogen-bond donors (Lipinski definition) is 0. The van der Waals surface area contributed by atoms with E-state index in [0.717, 1.165) is 5.66 Å². The second kappa shape index (κ2) is 30.3. The van der Waals surface area contributed by atoms with E-state index in [1.807, 2.05) is 0 Å². The van der Waals surface area contributed by atoms with E-state index in [1.54, 1.807) is 0 Å². The minimum absolute atomic E-state index is 0. The molecule has 1 saturated heterocycles. The van der Waals surface area contributed by atoms with Crippen LogP contribution >= 0.6 is 15.8 Å². The van der Waals surface area contributed by atoms with Gasteiger partial charge in [0.05, 0.1) is 0 Å². The molecule has 2 aliphatic rings. The molecule has 37 heavy (non-hydrogen) atoms. The van der Waals surface area contributed by atoms with Gasteiger partial charge in [-0.3, -0.25) is 0 Å². The summed E-state index contributed by atoms with van der Waals surface area (Å²) in [5.74, 6) is 0. The Kier molecular flexibility index (Phi) is 40.8. The molecule has 1 heterocycles. The van der Waals surface area contributed by atoms with Crippen molar-refractivity contribution in [3.8, 4) is 0 Å². The van der Waals surface area contributed by atoms with Crippen LogP contribution < -0.4 is 38.8 Å².